The van der Waals surface area contributed by atoms with Crippen LogP contribution in [0.15, 0.2) is 24.3 Å². The number of benzene rings is 1. The minimum absolute atomic E-state index is 0. The summed E-state index contributed by atoms with van der Waals surface area (Å²) in [5, 5.41) is 18.8. The number of nitrogens with zero attached hydrogens (tertiary/aromatic N) is 2. The van der Waals surface area contributed by atoms with Gasteiger partial charge in [-0.1, -0.05) is 17.7 Å². The molecule has 2 atom stereocenters. The zero-order valence-corrected chi connectivity index (χ0v) is 12.4. The zero-order chi connectivity index (χ0) is 16.4. The summed E-state index contributed by atoms with van der Waals surface area (Å²) in [6.07, 6.45) is -1.95. The van der Waals surface area contributed by atoms with Crippen LogP contribution in [0.5, 0.6) is 0 Å². The van der Waals surface area contributed by atoms with E-state index in [4.69, 9.17) is 5.11 Å². The predicted molar refractivity (Wildman–Crippen MR) is 85.5 cm³/mol. The molecule has 1 aromatic rings. The molecular formula is C15H19LiN2O5. The van der Waals surface area contributed by atoms with Crippen LogP contribution in [0.1, 0.15) is 12.5 Å². The van der Waals surface area contributed by atoms with Crippen molar-refractivity contribution in [3.8, 4) is 0 Å². The number of hydrogen-bond donors (Lipinski definition) is 2. The fourth-order valence-corrected chi connectivity index (χ4v) is 2.52. The van der Waals surface area contributed by atoms with Gasteiger partial charge in [-0.25, -0.2) is 4.79 Å². The Kier molecular flexibility index (Phi) is 6.39. The fraction of sp³-hybridized carbons (Fsp3) is 0.400. The molecule has 0 radical (unpaired) electrons. The first kappa shape index (κ1) is 19.2. The van der Waals surface area contributed by atoms with Gasteiger partial charge in [-0.05, 0) is 19.1 Å². The monoisotopic (exact) mass is 314 g/mol. The van der Waals surface area contributed by atoms with Gasteiger partial charge >= 0.3 is 24.8 Å². The number of carbonyl (C=O) groups excluding carboxylic acids is 2. The molecule has 1 aliphatic rings. The van der Waals surface area contributed by atoms with E-state index in [9.17, 15) is 19.5 Å². The third-order valence-electron chi connectivity index (χ3n) is 3.72. The summed E-state index contributed by atoms with van der Waals surface area (Å²) < 4.78 is 0. The predicted octanol–water partition coefficient (Wildman–Crippen LogP) is -0.644. The first-order chi connectivity index (χ1) is 10.3. The van der Waals surface area contributed by atoms with E-state index in [1.807, 2.05) is 19.1 Å². The van der Waals surface area contributed by atoms with Gasteiger partial charge in [0.15, 0.2) is 6.10 Å². The molecule has 0 aliphatic carbocycles. The molecule has 23 heavy (non-hydrogen) atoms. The standard InChI is InChI=1S/C15H18N2O5.Li.H/c1-9-3-5-11(6-4-9)17-8-7-16(10(2)18)12(14(17)20)13(19)15(21)22;;/h3-6,12-13,19H,7-8H2,1-2H3,(H,21,22);;. The summed E-state index contributed by atoms with van der Waals surface area (Å²) in [5.41, 5.74) is 1.64. The summed E-state index contributed by atoms with van der Waals surface area (Å²) >= 11 is 0. The molecular weight excluding hydrogens is 295 g/mol. The van der Waals surface area contributed by atoms with Crippen molar-refractivity contribution in [1.82, 2.24) is 4.90 Å². The maximum atomic E-state index is 12.6. The second kappa shape index (κ2) is 7.64. The van der Waals surface area contributed by atoms with Gasteiger partial charge in [-0.2, -0.15) is 0 Å². The van der Waals surface area contributed by atoms with Gasteiger partial charge in [-0.3, -0.25) is 9.59 Å². The molecule has 1 aromatic carbocycles. The summed E-state index contributed by atoms with van der Waals surface area (Å²) in [7, 11) is 0. The number of aliphatic carboxylic acids is 1. The molecule has 0 spiro atoms. The van der Waals surface area contributed by atoms with Crippen LogP contribution < -0.4 is 4.90 Å². The Hall–Kier alpha value is -1.81. The number of amides is 2. The van der Waals surface area contributed by atoms with Crippen LogP contribution in [0.3, 0.4) is 0 Å². The average molecular weight is 314 g/mol. The molecule has 0 bridgehead atoms. The second-order valence-electron chi connectivity index (χ2n) is 5.27. The van der Waals surface area contributed by atoms with Crippen molar-refractivity contribution in [1.29, 1.82) is 0 Å². The Balaban J connectivity index is 0.00000264. The van der Waals surface area contributed by atoms with Crippen molar-refractivity contribution in [3.05, 3.63) is 29.8 Å². The van der Waals surface area contributed by atoms with Crippen molar-refractivity contribution < 1.29 is 24.6 Å². The molecule has 2 N–H and O–H groups in total. The Morgan fingerprint density at radius 2 is 1.78 bits per heavy atom. The topological polar surface area (TPSA) is 98.2 Å². The van der Waals surface area contributed by atoms with Gasteiger partial charge < -0.3 is 20.0 Å². The van der Waals surface area contributed by atoms with E-state index < -0.39 is 29.9 Å². The molecule has 2 rings (SSSR count). The first-order valence-electron chi connectivity index (χ1n) is 6.89. The second-order valence-corrected chi connectivity index (χ2v) is 5.27. The number of hydrogen-bond acceptors (Lipinski definition) is 4. The molecule has 2 unspecified atom stereocenters. The van der Waals surface area contributed by atoms with E-state index in [-0.39, 0.29) is 32.0 Å². The van der Waals surface area contributed by atoms with Gasteiger partial charge in [0, 0.05) is 25.7 Å². The van der Waals surface area contributed by atoms with Crippen LogP contribution in [-0.4, -0.2) is 77.0 Å². The maximum absolute atomic E-state index is 12.6. The number of carbonyl (C=O) groups is 3. The van der Waals surface area contributed by atoms with Crippen LogP contribution in [0.2, 0.25) is 0 Å². The Morgan fingerprint density at radius 1 is 1.22 bits per heavy atom. The van der Waals surface area contributed by atoms with E-state index in [0.29, 0.717) is 5.69 Å². The van der Waals surface area contributed by atoms with Gasteiger partial charge in [-0.15, -0.1) is 0 Å². The molecule has 1 heterocycles. The number of piperazine rings is 1. The zero-order valence-electron chi connectivity index (χ0n) is 12.4. The Labute approximate surface area is 146 Å². The number of carboxylic acids is 1. The molecule has 7 nitrogen and oxygen atoms in total. The molecule has 1 fully saturated rings. The van der Waals surface area contributed by atoms with Crippen LogP contribution in [0, 0.1) is 6.92 Å². The van der Waals surface area contributed by atoms with E-state index in [1.165, 1.54) is 11.8 Å². The quantitative estimate of drug-likeness (QED) is 0.723. The summed E-state index contributed by atoms with van der Waals surface area (Å²) in [6.45, 7) is 3.58. The molecule has 1 aliphatic heterocycles. The van der Waals surface area contributed by atoms with Gasteiger partial charge in [0.1, 0.15) is 6.04 Å². The molecule has 0 saturated carbocycles. The van der Waals surface area contributed by atoms with Crippen molar-refractivity contribution in [2.45, 2.75) is 26.0 Å². The first-order valence-corrected chi connectivity index (χ1v) is 6.89. The number of aliphatic hydroxyl groups excluding tert-OH is 1. The number of rotatable bonds is 3. The third kappa shape index (κ3) is 3.94. The van der Waals surface area contributed by atoms with Crippen LogP contribution >= 0.6 is 0 Å². The molecule has 8 heteroatoms. The summed E-state index contributed by atoms with van der Waals surface area (Å²) in [5.74, 6) is -2.57. The number of aliphatic hydroxyl groups is 1. The third-order valence-corrected chi connectivity index (χ3v) is 3.72. The molecule has 120 valence electrons. The Morgan fingerprint density at radius 3 is 2.26 bits per heavy atom. The minimum atomic E-state index is -1.95. The van der Waals surface area contributed by atoms with Crippen molar-refractivity contribution in [2.24, 2.45) is 0 Å². The number of anilines is 1. The van der Waals surface area contributed by atoms with Crippen molar-refractivity contribution in [2.75, 3.05) is 18.0 Å². The van der Waals surface area contributed by atoms with Gasteiger partial charge in [0.05, 0.1) is 0 Å². The SMILES string of the molecule is CC(=O)N1CCN(c2ccc(C)cc2)C(=O)C1C(O)C(=O)O.[LiH]. The van der Waals surface area contributed by atoms with Crippen LogP contribution in [0.4, 0.5) is 5.69 Å². The van der Waals surface area contributed by atoms with Gasteiger partial charge in [0.2, 0.25) is 5.91 Å². The van der Waals surface area contributed by atoms with Crippen molar-refractivity contribution >= 4 is 42.3 Å². The van der Waals surface area contributed by atoms with E-state index in [0.717, 1.165) is 10.5 Å². The fourth-order valence-electron chi connectivity index (χ4n) is 2.52. The van der Waals surface area contributed by atoms with Crippen molar-refractivity contribution in [3.63, 3.8) is 0 Å². The number of aryl methyl sites for hydroxylation is 1. The van der Waals surface area contributed by atoms with Crippen LogP contribution in [0.25, 0.3) is 0 Å². The van der Waals surface area contributed by atoms with Gasteiger partial charge in [0.25, 0.3) is 5.91 Å². The van der Waals surface area contributed by atoms with Crippen LogP contribution in [-0.2, 0) is 14.4 Å². The summed E-state index contributed by atoms with van der Waals surface area (Å²) in [4.78, 5) is 37.7. The summed E-state index contributed by atoms with van der Waals surface area (Å²) in [6, 6.07) is 5.76. The molecule has 0 aromatic heterocycles. The number of carboxylic acid groups (broad SMARTS) is 1. The Bertz CT molecular complexity index is 604. The normalized spacial score (nSPS) is 19.1. The van der Waals surface area contributed by atoms with E-state index >= 15 is 0 Å². The molecule has 1 saturated heterocycles. The molecule has 2 amide bonds. The van der Waals surface area contributed by atoms with E-state index in [1.54, 1.807) is 12.1 Å². The van der Waals surface area contributed by atoms with E-state index in [2.05, 4.69) is 0 Å². The average Bonchev–Trinajstić information content (AvgIpc) is 2.47.